The molecule has 2 nitrogen and oxygen atoms in total. The number of hydrogen-bond acceptors (Lipinski definition) is 2. The number of amides is 1. The van der Waals surface area contributed by atoms with Crippen LogP contribution in [0.15, 0.2) is 24.3 Å². The molecule has 68 valence electrons. The molecule has 13 heavy (non-hydrogen) atoms. The topological polar surface area (TPSA) is 29.1 Å². The lowest BCUT2D eigenvalue weighted by atomic mass is 10.2. The smallest absolute Gasteiger partial charge is 0.231 e. The number of benzene rings is 1. The van der Waals surface area contributed by atoms with Gasteiger partial charge in [0.15, 0.2) is 0 Å². The van der Waals surface area contributed by atoms with Crippen LogP contribution < -0.4 is 5.32 Å². The molecule has 1 fully saturated rings. The standard InChI is InChI=1S/C9H8ClNOS/c10-7-3-1-2-6(4-7)9-11-8(12)5-13-9/h1-4,9H,5H2,(H,11,12)/t9-/m0/s1. The summed E-state index contributed by atoms with van der Waals surface area (Å²) >= 11 is 7.43. The van der Waals surface area contributed by atoms with Crippen molar-refractivity contribution in [2.75, 3.05) is 5.75 Å². The molecule has 0 saturated carbocycles. The molecule has 1 heterocycles. The number of carbonyl (C=O) groups is 1. The van der Waals surface area contributed by atoms with Crippen LogP contribution in [-0.4, -0.2) is 11.7 Å². The Kier molecular flexibility index (Phi) is 2.47. The predicted octanol–water partition coefficient (Wildman–Crippen LogP) is 2.20. The van der Waals surface area contributed by atoms with E-state index in [0.29, 0.717) is 10.8 Å². The Balaban J connectivity index is 2.21. The molecule has 0 aliphatic carbocycles. The zero-order chi connectivity index (χ0) is 9.26. The first kappa shape index (κ1) is 8.91. The number of hydrogen-bond donors (Lipinski definition) is 1. The van der Waals surface area contributed by atoms with Crippen molar-refractivity contribution in [3.63, 3.8) is 0 Å². The highest BCUT2D eigenvalue weighted by atomic mass is 35.5. The third kappa shape index (κ3) is 1.98. The largest absolute Gasteiger partial charge is 0.339 e. The summed E-state index contributed by atoms with van der Waals surface area (Å²) in [7, 11) is 0. The summed E-state index contributed by atoms with van der Waals surface area (Å²) in [4.78, 5) is 10.9. The second-order valence-corrected chi connectivity index (χ2v) is 4.34. The monoisotopic (exact) mass is 213 g/mol. The van der Waals surface area contributed by atoms with Crippen molar-refractivity contribution < 1.29 is 4.79 Å². The maximum atomic E-state index is 10.9. The summed E-state index contributed by atoms with van der Waals surface area (Å²) in [6.45, 7) is 0. The Labute approximate surface area is 85.7 Å². The highest BCUT2D eigenvalue weighted by Crippen LogP contribution is 2.31. The first-order valence-corrected chi connectivity index (χ1v) is 5.35. The van der Waals surface area contributed by atoms with Gasteiger partial charge in [0, 0.05) is 5.02 Å². The van der Waals surface area contributed by atoms with Crippen LogP contribution in [0.4, 0.5) is 0 Å². The average molecular weight is 214 g/mol. The van der Waals surface area contributed by atoms with E-state index in [1.54, 1.807) is 11.8 Å². The number of carbonyl (C=O) groups excluding carboxylic acids is 1. The average Bonchev–Trinajstić information content (AvgIpc) is 2.52. The second-order valence-electron chi connectivity index (χ2n) is 2.81. The normalized spacial score (nSPS) is 21.6. The molecule has 0 aromatic heterocycles. The van der Waals surface area contributed by atoms with Gasteiger partial charge < -0.3 is 5.32 Å². The zero-order valence-corrected chi connectivity index (χ0v) is 8.36. The molecule has 1 saturated heterocycles. The van der Waals surface area contributed by atoms with Crippen molar-refractivity contribution in [1.82, 2.24) is 5.32 Å². The minimum absolute atomic E-state index is 0.0752. The van der Waals surface area contributed by atoms with E-state index in [-0.39, 0.29) is 11.3 Å². The number of thioether (sulfide) groups is 1. The lowest BCUT2D eigenvalue weighted by molar-refractivity contribution is -0.118. The first-order valence-electron chi connectivity index (χ1n) is 3.92. The van der Waals surface area contributed by atoms with Crippen LogP contribution in [0.2, 0.25) is 5.02 Å². The molecular weight excluding hydrogens is 206 g/mol. The van der Waals surface area contributed by atoms with Gasteiger partial charge in [-0.05, 0) is 17.7 Å². The van der Waals surface area contributed by atoms with E-state index in [4.69, 9.17) is 11.6 Å². The van der Waals surface area contributed by atoms with Crippen LogP contribution in [-0.2, 0) is 4.79 Å². The molecule has 1 aliphatic rings. The van der Waals surface area contributed by atoms with Crippen molar-refractivity contribution in [2.45, 2.75) is 5.37 Å². The van der Waals surface area contributed by atoms with Gasteiger partial charge in [0.2, 0.25) is 5.91 Å². The fourth-order valence-electron chi connectivity index (χ4n) is 1.24. The third-order valence-electron chi connectivity index (χ3n) is 1.82. The minimum atomic E-state index is 0.0752. The van der Waals surface area contributed by atoms with Crippen molar-refractivity contribution in [2.24, 2.45) is 0 Å². The number of halogens is 1. The van der Waals surface area contributed by atoms with Gasteiger partial charge in [-0.3, -0.25) is 4.79 Å². The molecule has 1 aromatic carbocycles. The molecule has 0 unspecified atom stereocenters. The van der Waals surface area contributed by atoms with Crippen molar-refractivity contribution >= 4 is 29.3 Å². The van der Waals surface area contributed by atoms with Crippen LogP contribution in [0.3, 0.4) is 0 Å². The Bertz CT molecular complexity index is 342. The highest BCUT2D eigenvalue weighted by molar-refractivity contribution is 8.00. The maximum Gasteiger partial charge on any atom is 0.231 e. The van der Waals surface area contributed by atoms with Crippen LogP contribution in [0.1, 0.15) is 10.9 Å². The van der Waals surface area contributed by atoms with E-state index < -0.39 is 0 Å². The summed E-state index contributed by atoms with van der Waals surface area (Å²) in [5.74, 6) is 0.631. The van der Waals surface area contributed by atoms with E-state index in [1.807, 2.05) is 24.3 Å². The Morgan fingerprint density at radius 1 is 1.54 bits per heavy atom. The fraction of sp³-hybridized carbons (Fsp3) is 0.222. The minimum Gasteiger partial charge on any atom is -0.339 e. The number of rotatable bonds is 1. The lowest BCUT2D eigenvalue weighted by Crippen LogP contribution is -2.18. The van der Waals surface area contributed by atoms with Crippen LogP contribution >= 0.6 is 23.4 Å². The van der Waals surface area contributed by atoms with Crippen LogP contribution in [0.5, 0.6) is 0 Å². The molecule has 1 amide bonds. The van der Waals surface area contributed by atoms with Gasteiger partial charge in [0.25, 0.3) is 0 Å². The molecule has 4 heteroatoms. The van der Waals surface area contributed by atoms with E-state index in [2.05, 4.69) is 5.32 Å². The van der Waals surface area contributed by atoms with E-state index in [1.165, 1.54) is 0 Å². The predicted molar refractivity (Wildman–Crippen MR) is 54.8 cm³/mol. The molecule has 1 N–H and O–H groups in total. The molecule has 1 aliphatic heterocycles. The van der Waals surface area contributed by atoms with Gasteiger partial charge >= 0.3 is 0 Å². The fourth-order valence-corrected chi connectivity index (χ4v) is 2.39. The molecule has 0 radical (unpaired) electrons. The molecular formula is C9H8ClNOS. The maximum absolute atomic E-state index is 10.9. The summed E-state index contributed by atoms with van der Waals surface area (Å²) in [6, 6.07) is 7.56. The Morgan fingerprint density at radius 2 is 2.38 bits per heavy atom. The lowest BCUT2D eigenvalue weighted by Gasteiger charge is -2.08. The molecule has 0 spiro atoms. The van der Waals surface area contributed by atoms with Crippen molar-refractivity contribution in [3.8, 4) is 0 Å². The van der Waals surface area contributed by atoms with Crippen molar-refractivity contribution in [1.29, 1.82) is 0 Å². The number of nitrogens with one attached hydrogen (secondary N) is 1. The summed E-state index contributed by atoms with van der Waals surface area (Å²) < 4.78 is 0. The quantitative estimate of drug-likeness (QED) is 0.775. The van der Waals surface area contributed by atoms with E-state index >= 15 is 0 Å². The first-order chi connectivity index (χ1) is 6.25. The van der Waals surface area contributed by atoms with Gasteiger partial charge in [-0.15, -0.1) is 11.8 Å². The summed E-state index contributed by atoms with van der Waals surface area (Å²) in [6.07, 6.45) is 0. The van der Waals surface area contributed by atoms with Gasteiger partial charge in [-0.2, -0.15) is 0 Å². The van der Waals surface area contributed by atoms with Crippen molar-refractivity contribution in [3.05, 3.63) is 34.9 Å². The van der Waals surface area contributed by atoms with Gasteiger partial charge in [-0.25, -0.2) is 0 Å². The van der Waals surface area contributed by atoms with Crippen LogP contribution in [0.25, 0.3) is 0 Å². The second kappa shape index (κ2) is 3.60. The van der Waals surface area contributed by atoms with Gasteiger partial charge in [0.1, 0.15) is 5.37 Å². The zero-order valence-electron chi connectivity index (χ0n) is 6.79. The Hall–Kier alpha value is -0.670. The van der Waals surface area contributed by atoms with Gasteiger partial charge in [-0.1, -0.05) is 23.7 Å². The SMILES string of the molecule is O=C1CS[C@@H](c2cccc(Cl)c2)N1. The van der Waals surface area contributed by atoms with E-state index in [0.717, 1.165) is 5.56 Å². The molecule has 0 bridgehead atoms. The Morgan fingerprint density at radius 3 is 3.00 bits per heavy atom. The molecule has 1 atom stereocenters. The third-order valence-corrected chi connectivity index (χ3v) is 3.21. The van der Waals surface area contributed by atoms with Gasteiger partial charge in [0.05, 0.1) is 5.75 Å². The molecule has 2 rings (SSSR count). The van der Waals surface area contributed by atoms with Crippen LogP contribution in [0, 0.1) is 0 Å². The summed E-state index contributed by atoms with van der Waals surface area (Å²) in [5.41, 5.74) is 1.06. The molecule has 1 aromatic rings. The highest BCUT2D eigenvalue weighted by Gasteiger charge is 2.22. The summed E-state index contributed by atoms with van der Waals surface area (Å²) in [5, 5.41) is 3.65. The van der Waals surface area contributed by atoms with E-state index in [9.17, 15) is 4.79 Å².